The SMILES string of the molecule is CCNC(COc1ccccc1)C(=O)OC. The second kappa shape index (κ2) is 6.85. The van der Waals surface area contributed by atoms with Crippen molar-refractivity contribution in [2.45, 2.75) is 13.0 Å². The molecule has 1 aromatic carbocycles. The number of ether oxygens (including phenoxy) is 2. The predicted octanol–water partition coefficient (Wildman–Crippen LogP) is 1.22. The van der Waals surface area contributed by atoms with E-state index in [1.807, 2.05) is 37.3 Å². The molecule has 1 N–H and O–H groups in total. The second-order valence-electron chi connectivity index (χ2n) is 3.26. The summed E-state index contributed by atoms with van der Waals surface area (Å²) in [7, 11) is 1.37. The molecule has 0 aromatic heterocycles. The van der Waals surface area contributed by atoms with E-state index in [1.54, 1.807) is 0 Å². The van der Waals surface area contributed by atoms with Gasteiger partial charge in [0.15, 0.2) is 0 Å². The number of rotatable bonds is 6. The van der Waals surface area contributed by atoms with Crippen LogP contribution in [-0.2, 0) is 9.53 Å². The Morgan fingerprint density at radius 3 is 2.62 bits per heavy atom. The van der Waals surface area contributed by atoms with Gasteiger partial charge in [0.1, 0.15) is 18.4 Å². The number of benzene rings is 1. The number of carbonyl (C=O) groups is 1. The topological polar surface area (TPSA) is 47.6 Å². The van der Waals surface area contributed by atoms with Crippen molar-refractivity contribution in [3.05, 3.63) is 30.3 Å². The van der Waals surface area contributed by atoms with Crippen LogP contribution in [-0.4, -0.2) is 32.3 Å². The molecule has 1 rings (SSSR count). The molecule has 1 aromatic rings. The fraction of sp³-hybridized carbons (Fsp3) is 0.417. The highest BCUT2D eigenvalue weighted by molar-refractivity contribution is 5.75. The second-order valence-corrected chi connectivity index (χ2v) is 3.26. The van der Waals surface area contributed by atoms with E-state index in [1.165, 1.54) is 7.11 Å². The first-order chi connectivity index (χ1) is 7.77. The molecule has 0 saturated carbocycles. The van der Waals surface area contributed by atoms with E-state index < -0.39 is 6.04 Å². The lowest BCUT2D eigenvalue weighted by Gasteiger charge is -2.15. The van der Waals surface area contributed by atoms with Gasteiger partial charge in [-0.3, -0.25) is 4.79 Å². The standard InChI is InChI=1S/C12H17NO3/c1-3-13-11(12(14)15-2)9-16-10-7-5-4-6-8-10/h4-8,11,13H,3,9H2,1-2H3. The summed E-state index contributed by atoms with van der Waals surface area (Å²) in [6.07, 6.45) is 0. The van der Waals surface area contributed by atoms with Crippen LogP contribution >= 0.6 is 0 Å². The predicted molar refractivity (Wildman–Crippen MR) is 61.4 cm³/mol. The molecular formula is C12H17NO3. The van der Waals surface area contributed by atoms with Gasteiger partial charge in [-0.1, -0.05) is 25.1 Å². The number of hydrogen-bond donors (Lipinski definition) is 1. The third kappa shape index (κ3) is 3.90. The zero-order chi connectivity index (χ0) is 11.8. The summed E-state index contributed by atoms with van der Waals surface area (Å²) in [5.41, 5.74) is 0. The molecule has 0 amide bonds. The van der Waals surface area contributed by atoms with Crippen molar-refractivity contribution < 1.29 is 14.3 Å². The molecule has 0 aliphatic carbocycles. The van der Waals surface area contributed by atoms with Crippen molar-refractivity contribution in [1.82, 2.24) is 5.32 Å². The molecule has 1 atom stereocenters. The number of para-hydroxylation sites is 1. The molecule has 0 aliphatic rings. The Balaban J connectivity index is 2.47. The van der Waals surface area contributed by atoms with Gasteiger partial charge in [0.25, 0.3) is 0 Å². The number of nitrogens with one attached hydrogen (secondary N) is 1. The largest absolute Gasteiger partial charge is 0.491 e. The minimum atomic E-state index is -0.421. The number of methoxy groups -OCH3 is 1. The van der Waals surface area contributed by atoms with Gasteiger partial charge in [-0.25, -0.2) is 0 Å². The molecule has 88 valence electrons. The summed E-state index contributed by atoms with van der Waals surface area (Å²) in [6, 6.07) is 8.95. The van der Waals surface area contributed by atoms with Crippen LogP contribution in [0, 0.1) is 0 Å². The van der Waals surface area contributed by atoms with Crippen molar-refractivity contribution in [3.8, 4) is 5.75 Å². The van der Waals surface area contributed by atoms with E-state index in [-0.39, 0.29) is 12.6 Å². The van der Waals surface area contributed by atoms with Crippen LogP contribution in [0.1, 0.15) is 6.92 Å². The quantitative estimate of drug-likeness (QED) is 0.736. The summed E-state index contributed by atoms with van der Waals surface area (Å²) in [5, 5.41) is 3.00. The zero-order valence-corrected chi connectivity index (χ0v) is 9.60. The molecule has 0 aliphatic heterocycles. The summed E-state index contributed by atoms with van der Waals surface area (Å²) >= 11 is 0. The van der Waals surface area contributed by atoms with Gasteiger partial charge < -0.3 is 14.8 Å². The highest BCUT2D eigenvalue weighted by Crippen LogP contribution is 2.08. The van der Waals surface area contributed by atoms with Crippen LogP contribution < -0.4 is 10.1 Å². The lowest BCUT2D eigenvalue weighted by atomic mass is 10.3. The van der Waals surface area contributed by atoms with Crippen molar-refractivity contribution in [1.29, 1.82) is 0 Å². The van der Waals surface area contributed by atoms with Crippen LogP contribution in [0.4, 0.5) is 0 Å². The van der Waals surface area contributed by atoms with Crippen LogP contribution in [0.25, 0.3) is 0 Å². The maximum Gasteiger partial charge on any atom is 0.326 e. The summed E-state index contributed by atoms with van der Waals surface area (Å²) in [5.74, 6) is 0.437. The molecule has 1 unspecified atom stereocenters. The molecule has 0 heterocycles. The average Bonchev–Trinajstić information content (AvgIpc) is 2.34. The number of esters is 1. The smallest absolute Gasteiger partial charge is 0.326 e. The molecular weight excluding hydrogens is 206 g/mol. The highest BCUT2D eigenvalue weighted by atomic mass is 16.5. The lowest BCUT2D eigenvalue weighted by molar-refractivity contribution is -0.143. The fourth-order valence-electron chi connectivity index (χ4n) is 1.30. The van der Waals surface area contributed by atoms with E-state index in [4.69, 9.17) is 4.74 Å². The molecule has 4 heteroatoms. The summed E-state index contributed by atoms with van der Waals surface area (Å²) in [6.45, 7) is 2.89. The number of likely N-dealkylation sites (N-methyl/N-ethyl adjacent to an activating group) is 1. The molecule has 0 bridgehead atoms. The van der Waals surface area contributed by atoms with Crippen molar-refractivity contribution in [2.24, 2.45) is 0 Å². The van der Waals surface area contributed by atoms with Crippen LogP contribution in [0.2, 0.25) is 0 Å². The third-order valence-corrected chi connectivity index (χ3v) is 2.10. The zero-order valence-electron chi connectivity index (χ0n) is 9.60. The molecule has 0 spiro atoms. The van der Waals surface area contributed by atoms with E-state index in [0.717, 1.165) is 5.75 Å². The Hall–Kier alpha value is -1.55. The summed E-state index contributed by atoms with van der Waals surface area (Å²) < 4.78 is 10.2. The van der Waals surface area contributed by atoms with E-state index in [2.05, 4.69) is 10.1 Å². The fourth-order valence-corrected chi connectivity index (χ4v) is 1.30. The third-order valence-electron chi connectivity index (χ3n) is 2.10. The molecule has 0 radical (unpaired) electrons. The van der Waals surface area contributed by atoms with Crippen molar-refractivity contribution in [2.75, 3.05) is 20.3 Å². The Kier molecular flexibility index (Phi) is 5.36. The maximum absolute atomic E-state index is 11.4. The van der Waals surface area contributed by atoms with Gasteiger partial charge in [0.2, 0.25) is 0 Å². The Labute approximate surface area is 95.6 Å². The first-order valence-electron chi connectivity index (χ1n) is 5.27. The first-order valence-corrected chi connectivity index (χ1v) is 5.27. The monoisotopic (exact) mass is 223 g/mol. The highest BCUT2D eigenvalue weighted by Gasteiger charge is 2.18. The molecule has 16 heavy (non-hydrogen) atoms. The van der Waals surface area contributed by atoms with Gasteiger partial charge in [-0.05, 0) is 18.7 Å². The van der Waals surface area contributed by atoms with Crippen molar-refractivity contribution >= 4 is 5.97 Å². The summed E-state index contributed by atoms with van der Waals surface area (Å²) in [4.78, 5) is 11.4. The van der Waals surface area contributed by atoms with Gasteiger partial charge in [0, 0.05) is 0 Å². The van der Waals surface area contributed by atoms with Gasteiger partial charge in [-0.15, -0.1) is 0 Å². The molecule has 4 nitrogen and oxygen atoms in total. The van der Waals surface area contributed by atoms with E-state index in [0.29, 0.717) is 6.54 Å². The van der Waals surface area contributed by atoms with E-state index >= 15 is 0 Å². The van der Waals surface area contributed by atoms with Crippen LogP contribution in [0.3, 0.4) is 0 Å². The minimum absolute atomic E-state index is 0.268. The average molecular weight is 223 g/mol. The Morgan fingerprint density at radius 1 is 1.38 bits per heavy atom. The Morgan fingerprint density at radius 2 is 2.06 bits per heavy atom. The van der Waals surface area contributed by atoms with Crippen LogP contribution in [0.5, 0.6) is 5.75 Å². The molecule has 0 saturated heterocycles. The maximum atomic E-state index is 11.4. The normalized spacial score (nSPS) is 11.9. The van der Waals surface area contributed by atoms with Gasteiger partial charge in [0.05, 0.1) is 7.11 Å². The molecule has 0 fully saturated rings. The first kappa shape index (κ1) is 12.5. The van der Waals surface area contributed by atoms with Gasteiger partial charge in [-0.2, -0.15) is 0 Å². The number of carbonyl (C=O) groups excluding carboxylic acids is 1. The lowest BCUT2D eigenvalue weighted by Crippen LogP contribution is -2.42. The van der Waals surface area contributed by atoms with Crippen molar-refractivity contribution in [3.63, 3.8) is 0 Å². The Bertz CT molecular complexity index is 313. The van der Waals surface area contributed by atoms with Crippen LogP contribution in [0.15, 0.2) is 30.3 Å². The van der Waals surface area contributed by atoms with E-state index in [9.17, 15) is 4.79 Å². The minimum Gasteiger partial charge on any atom is -0.491 e. The van der Waals surface area contributed by atoms with Gasteiger partial charge >= 0.3 is 5.97 Å². The number of hydrogen-bond acceptors (Lipinski definition) is 4.